The predicted molar refractivity (Wildman–Crippen MR) is 100 cm³/mol. The van der Waals surface area contributed by atoms with E-state index in [2.05, 4.69) is 31.3 Å². The number of rotatable bonds is 8. The van der Waals surface area contributed by atoms with E-state index in [1.54, 1.807) is 0 Å². The standard InChI is InChI=1S/C21H24N2O3/c1-15-8-9-16(2)21(17(15)3)26-13-12-25-19-7-5-4-6-18(19)14-23-20(24)10-11-22/h4-9H,10,12-14H2,1-3H3,(H,23,24). The molecule has 5 nitrogen and oxygen atoms in total. The highest BCUT2D eigenvalue weighted by Crippen LogP contribution is 2.25. The van der Waals surface area contributed by atoms with Crippen molar-refractivity contribution in [2.24, 2.45) is 0 Å². The third kappa shape index (κ3) is 5.25. The van der Waals surface area contributed by atoms with Crippen molar-refractivity contribution in [3.05, 3.63) is 58.7 Å². The van der Waals surface area contributed by atoms with Crippen LogP contribution in [-0.4, -0.2) is 19.1 Å². The highest BCUT2D eigenvalue weighted by molar-refractivity contribution is 5.78. The third-order valence-corrected chi connectivity index (χ3v) is 4.15. The molecule has 1 N–H and O–H groups in total. The number of hydrogen-bond acceptors (Lipinski definition) is 4. The van der Waals surface area contributed by atoms with Crippen LogP contribution in [0.25, 0.3) is 0 Å². The Morgan fingerprint density at radius 1 is 1.04 bits per heavy atom. The monoisotopic (exact) mass is 352 g/mol. The molecule has 0 spiro atoms. The van der Waals surface area contributed by atoms with Crippen LogP contribution < -0.4 is 14.8 Å². The number of nitriles is 1. The Labute approximate surface area is 154 Å². The molecule has 0 atom stereocenters. The number of hydrogen-bond donors (Lipinski definition) is 1. The molecule has 0 aliphatic carbocycles. The molecule has 2 aromatic rings. The summed E-state index contributed by atoms with van der Waals surface area (Å²) in [5.41, 5.74) is 4.31. The number of ether oxygens (including phenoxy) is 2. The highest BCUT2D eigenvalue weighted by Gasteiger charge is 2.08. The Morgan fingerprint density at radius 3 is 2.50 bits per heavy atom. The molecule has 0 saturated carbocycles. The minimum absolute atomic E-state index is 0.147. The molecule has 26 heavy (non-hydrogen) atoms. The molecule has 0 aliphatic rings. The van der Waals surface area contributed by atoms with Gasteiger partial charge in [-0.15, -0.1) is 0 Å². The van der Waals surface area contributed by atoms with Crippen molar-refractivity contribution in [1.29, 1.82) is 5.26 Å². The van der Waals surface area contributed by atoms with Crippen molar-refractivity contribution >= 4 is 5.91 Å². The zero-order chi connectivity index (χ0) is 18.9. The summed E-state index contributed by atoms with van der Waals surface area (Å²) in [5, 5.41) is 11.2. The number of benzene rings is 2. The van der Waals surface area contributed by atoms with E-state index in [4.69, 9.17) is 14.7 Å². The molecule has 0 heterocycles. The molecule has 0 fully saturated rings. The average molecular weight is 352 g/mol. The Kier molecular flexibility index (Phi) is 7.04. The normalized spacial score (nSPS) is 10.1. The molecule has 1 amide bonds. The second kappa shape index (κ2) is 9.47. The lowest BCUT2D eigenvalue weighted by Gasteiger charge is -2.15. The van der Waals surface area contributed by atoms with Gasteiger partial charge in [0.05, 0.1) is 6.07 Å². The second-order valence-corrected chi connectivity index (χ2v) is 6.07. The van der Waals surface area contributed by atoms with Crippen molar-refractivity contribution < 1.29 is 14.3 Å². The molecule has 0 aliphatic heterocycles. The minimum Gasteiger partial charge on any atom is -0.490 e. The fourth-order valence-electron chi connectivity index (χ4n) is 2.56. The number of carbonyl (C=O) groups excluding carboxylic acids is 1. The first-order chi connectivity index (χ1) is 12.5. The summed E-state index contributed by atoms with van der Waals surface area (Å²) in [7, 11) is 0. The van der Waals surface area contributed by atoms with Gasteiger partial charge in [-0.3, -0.25) is 4.79 Å². The number of nitrogens with zero attached hydrogens (tertiary/aromatic N) is 1. The second-order valence-electron chi connectivity index (χ2n) is 6.07. The fraction of sp³-hybridized carbons (Fsp3) is 0.333. The molecule has 5 heteroatoms. The SMILES string of the molecule is Cc1ccc(C)c(OCCOc2ccccc2CNC(=O)CC#N)c1C. The Bertz CT molecular complexity index is 809. The van der Waals surface area contributed by atoms with Crippen molar-refractivity contribution in [2.45, 2.75) is 33.7 Å². The summed E-state index contributed by atoms with van der Waals surface area (Å²) in [6, 6.07) is 13.5. The lowest BCUT2D eigenvalue weighted by molar-refractivity contribution is -0.120. The van der Waals surface area contributed by atoms with Crippen molar-refractivity contribution in [1.82, 2.24) is 5.32 Å². The van der Waals surface area contributed by atoms with Gasteiger partial charge in [0, 0.05) is 12.1 Å². The number of carbonyl (C=O) groups is 1. The van der Waals surface area contributed by atoms with Gasteiger partial charge in [-0.25, -0.2) is 0 Å². The molecule has 0 unspecified atom stereocenters. The molecular weight excluding hydrogens is 328 g/mol. The van der Waals surface area contributed by atoms with E-state index in [0.717, 1.165) is 22.4 Å². The lowest BCUT2D eigenvalue weighted by atomic mass is 10.1. The van der Waals surface area contributed by atoms with E-state index in [9.17, 15) is 4.79 Å². The number of para-hydroxylation sites is 1. The summed E-state index contributed by atoms with van der Waals surface area (Å²) in [4.78, 5) is 11.4. The van der Waals surface area contributed by atoms with E-state index >= 15 is 0 Å². The van der Waals surface area contributed by atoms with Crippen LogP contribution in [0.4, 0.5) is 0 Å². The van der Waals surface area contributed by atoms with Crippen LogP contribution in [0.15, 0.2) is 36.4 Å². The van der Waals surface area contributed by atoms with Crippen molar-refractivity contribution in [3.8, 4) is 17.6 Å². The van der Waals surface area contributed by atoms with E-state index < -0.39 is 0 Å². The molecule has 0 bridgehead atoms. The van der Waals surface area contributed by atoms with Gasteiger partial charge >= 0.3 is 0 Å². The van der Waals surface area contributed by atoms with E-state index in [0.29, 0.717) is 25.5 Å². The third-order valence-electron chi connectivity index (χ3n) is 4.15. The number of aryl methyl sites for hydroxylation is 2. The van der Waals surface area contributed by atoms with E-state index in [-0.39, 0.29) is 12.3 Å². The number of amides is 1. The summed E-state index contributed by atoms with van der Waals surface area (Å²) < 4.78 is 11.7. The largest absolute Gasteiger partial charge is 0.490 e. The van der Waals surface area contributed by atoms with Crippen LogP contribution in [0.3, 0.4) is 0 Å². The maximum Gasteiger partial charge on any atom is 0.234 e. The van der Waals surface area contributed by atoms with Crippen LogP contribution in [0.1, 0.15) is 28.7 Å². The zero-order valence-electron chi connectivity index (χ0n) is 15.5. The molecule has 2 aromatic carbocycles. The minimum atomic E-state index is -0.295. The van der Waals surface area contributed by atoms with Crippen LogP contribution in [0.5, 0.6) is 11.5 Å². The van der Waals surface area contributed by atoms with E-state index in [1.165, 1.54) is 5.56 Å². The van der Waals surface area contributed by atoms with Gasteiger partial charge in [0.1, 0.15) is 31.1 Å². The maximum atomic E-state index is 11.4. The van der Waals surface area contributed by atoms with Crippen LogP contribution in [0, 0.1) is 32.1 Å². The number of nitrogens with one attached hydrogen (secondary N) is 1. The topological polar surface area (TPSA) is 71.3 Å². The van der Waals surface area contributed by atoms with E-state index in [1.807, 2.05) is 37.3 Å². The lowest BCUT2D eigenvalue weighted by Crippen LogP contribution is -2.22. The summed E-state index contributed by atoms with van der Waals surface area (Å²) >= 11 is 0. The Hall–Kier alpha value is -3.00. The highest BCUT2D eigenvalue weighted by atomic mass is 16.5. The van der Waals surface area contributed by atoms with Crippen molar-refractivity contribution in [3.63, 3.8) is 0 Å². The molecule has 136 valence electrons. The van der Waals surface area contributed by atoms with Gasteiger partial charge in [-0.1, -0.05) is 30.3 Å². The zero-order valence-corrected chi connectivity index (χ0v) is 15.5. The van der Waals surface area contributed by atoms with Gasteiger partial charge in [0.25, 0.3) is 0 Å². The molecular formula is C21H24N2O3. The smallest absolute Gasteiger partial charge is 0.234 e. The molecule has 0 radical (unpaired) electrons. The summed E-state index contributed by atoms with van der Waals surface area (Å²) in [6.45, 7) is 7.30. The summed E-state index contributed by atoms with van der Waals surface area (Å²) in [5.74, 6) is 1.31. The predicted octanol–water partition coefficient (Wildman–Crippen LogP) is 3.60. The molecule has 0 aromatic heterocycles. The Morgan fingerprint density at radius 2 is 1.73 bits per heavy atom. The van der Waals surface area contributed by atoms with Gasteiger partial charge in [0.15, 0.2) is 0 Å². The maximum absolute atomic E-state index is 11.4. The van der Waals surface area contributed by atoms with Crippen LogP contribution in [0.2, 0.25) is 0 Å². The summed E-state index contributed by atoms with van der Waals surface area (Å²) in [6.07, 6.45) is -0.147. The van der Waals surface area contributed by atoms with Crippen molar-refractivity contribution in [2.75, 3.05) is 13.2 Å². The molecule has 0 saturated heterocycles. The van der Waals surface area contributed by atoms with Gasteiger partial charge < -0.3 is 14.8 Å². The first-order valence-corrected chi connectivity index (χ1v) is 8.57. The van der Waals surface area contributed by atoms with Crippen LogP contribution in [-0.2, 0) is 11.3 Å². The van der Waals surface area contributed by atoms with Gasteiger partial charge in [-0.05, 0) is 43.5 Å². The average Bonchev–Trinajstić information content (AvgIpc) is 2.63. The van der Waals surface area contributed by atoms with Gasteiger partial charge in [0.2, 0.25) is 5.91 Å². The first-order valence-electron chi connectivity index (χ1n) is 8.57. The first kappa shape index (κ1) is 19.3. The quantitative estimate of drug-likeness (QED) is 0.737. The van der Waals surface area contributed by atoms with Gasteiger partial charge in [-0.2, -0.15) is 5.26 Å². The van der Waals surface area contributed by atoms with Crippen LogP contribution >= 0.6 is 0 Å². The fourth-order valence-corrected chi connectivity index (χ4v) is 2.56. The Balaban J connectivity index is 1.90. The molecule has 2 rings (SSSR count).